The van der Waals surface area contributed by atoms with E-state index in [9.17, 15) is 14.7 Å². The van der Waals surface area contributed by atoms with Crippen molar-refractivity contribution in [2.24, 2.45) is 5.92 Å². The number of allylic oxidation sites excluding steroid dienone is 4. The number of hydrogen-bond donors (Lipinski definition) is 2. The van der Waals surface area contributed by atoms with Crippen molar-refractivity contribution in [3.63, 3.8) is 0 Å². The zero-order valence-corrected chi connectivity index (χ0v) is 17.1. The lowest BCUT2D eigenvalue weighted by Crippen LogP contribution is -2.41. The summed E-state index contributed by atoms with van der Waals surface area (Å²) in [5.74, 6) is 4.78. The van der Waals surface area contributed by atoms with Gasteiger partial charge in [0.05, 0.1) is 5.02 Å². The van der Waals surface area contributed by atoms with Gasteiger partial charge in [-0.05, 0) is 55.5 Å². The highest BCUT2D eigenvalue weighted by Crippen LogP contribution is 2.20. The van der Waals surface area contributed by atoms with Crippen LogP contribution in [0.2, 0.25) is 5.02 Å². The summed E-state index contributed by atoms with van der Waals surface area (Å²) < 4.78 is 0. The van der Waals surface area contributed by atoms with Gasteiger partial charge in [0.25, 0.3) is 5.91 Å². The molecule has 5 heteroatoms. The number of amides is 1. The number of carbonyl (C=O) groups is 2. The normalized spacial score (nSPS) is 15.7. The standard InChI is InChI=1S/C25H22ClNO3/c26-22-15-14-21(17-20(22)13-11-18-7-3-1-4-8-18)24(28)27-23(25(29)30)16-12-19-9-5-2-6-10-19/h1-9,14-15,17,19,23H,10,12,16H2,(H,27,28)(H,29,30)/t19?,23-/m0/s1. The van der Waals surface area contributed by atoms with Gasteiger partial charge in [-0.15, -0.1) is 0 Å². The van der Waals surface area contributed by atoms with Gasteiger partial charge in [0.15, 0.2) is 0 Å². The van der Waals surface area contributed by atoms with Gasteiger partial charge in [0.2, 0.25) is 0 Å². The number of halogens is 1. The summed E-state index contributed by atoms with van der Waals surface area (Å²) in [6.45, 7) is 0. The Labute approximate surface area is 181 Å². The molecule has 2 atom stereocenters. The van der Waals surface area contributed by atoms with Crippen molar-refractivity contribution < 1.29 is 14.7 Å². The van der Waals surface area contributed by atoms with E-state index in [1.54, 1.807) is 18.2 Å². The van der Waals surface area contributed by atoms with Crippen LogP contribution in [-0.2, 0) is 4.79 Å². The van der Waals surface area contributed by atoms with E-state index < -0.39 is 17.9 Å². The molecular weight excluding hydrogens is 398 g/mol. The molecule has 2 aromatic carbocycles. The van der Waals surface area contributed by atoms with Crippen LogP contribution in [0.25, 0.3) is 0 Å². The van der Waals surface area contributed by atoms with Crippen LogP contribution in [0.5, 0.6) is 0 Å². The van der Waals surface area contributed by atoms with Crippen molar-refractivity contribution in [2.75, 3.05) is 0 Å². The van der Waals surface area contributed by atoms with E-state index >= 15 is 0 Å². The summed E-state index contributed by atoms with van der Waals surface area (Å²) in [6.07, 6.45) is 10.0. The largest absolute Gasteiger partial charge is 0.480 e. The molecule has 1 aliphatic carbocycles. The van der Waals surface area contributed by atoms with E-state index in [0.29, 0.717) is 34.9 Å². The van der Waals surface area contributed by atoms with Gasteiger partial charge in [-0.3, -0.25) is 4.79 Å². The first-order chi connectivity index (χ1) is 14.5. The fourth-order valence-electron chi connectivity index (χ4n) is 3.15. The van der Waals surface area contributed by atoms with Crippen LogP contribution in [0.4, 0.5) is 0 Å². The van der Waals surface area contributed by atoms with Gasteiger partial charge >= 0.3 is 5.97 Å². The van der Waals surface area contributed by atoms with Crippen LogP contribution in [0, 0.1) is 17.8 Å². The number of carbonyl (C=O) groups excluding carboxylic acids is 1. The quantitative estimate of drug-likeness (QED) is 0.658. The van der Waals surface area contributed by atoms with Crippen LogP contribution < -0.4 is 5.32 Å². The van der Waals surface area contributed by atoms with Crippen LogP contribution >= 0.6 is 11.6 Å². The number of benzene rings is 2. The molecule has 3 rings (SSSR count). The van der Waals surface area contributed by atoms with Gasteiger partial charge in [-0.1, -0.05) is 65.9 Å². The maximum absolute atomic E-state index is 12.7. The first-order valence-electron chi connectivity index (χ1n) is 9.76. The van der Waals surface area contributed by atoms with Gasteiger partial charge in [0, 0.05) is 16.7 Å². The lowest BCUT2D eigenvalue weighted by atomic mass is 9.93. The highest BCUT2D eigenvalue weighted by atomic mass is 35.5. The highest BCUT2D eigenvalue weighted by molar-refractivity contribution is 6.31. The van der Waals surface area contributed by atoms with Crippen LogP contribution in [0.15, 0.2) is 72.8 Å². The molecule has 152 valence electrons. The van der Waals surface area contributed by atoms with Crippen molar-refractivity contribution in [2.45, 2.75) is 25.3 Å². The average Bonchev–Trinajstić information content (AvgIpc) is 2.77. The monoisotopic (exact) mass is 419 g/mol. The Balaban J connectivity index is 1.69. The fraction of sp³-hybridized carbons (Fsp3) is 0.200. The Hall–Kier alpha value is -3.29. The minimum absolute atomic E-state index is 0.296. The zero-order valence-electron chi connectivity index (χ0n) is 16.3. The Morgan fingerprint density at radius 1 is 1.13 bits per heavy atom. The number of carboxylic acid groups (broad SMARTS) is 1. The molecule has 1 unspecified atom stereocenters. The molecule has 0 saturated carbocycles. The molecule has 0 saturated heterocycles. The van der Waals surface area contributed by atoms with E-state index in [1.807, 2.05) is 42.5 Å². The van der Waals surface area contributed by atoms with Crippen molar-refractivity contribution in [3.05, 3.63) is 94.5 Å². The summed E-state index contributed by atoms with van der Waals surface area (Å²) in [4.78, 5) is 24.3. The van der Waals surface area contributed by atoms with E-state index in [4.69, 9.17) is 11.6 Å². The third kappa shape index (κ3) is 6.10. The Morgan fingerprint density at radius 2 is 1.93 bits per heavy atom. The van der Waals surface area contributed by atoms with Gasteiger partial charge in [-0.25, -0.2) is 4.79 Å². The first kappa shape index (κ1) is 21.4. The number of nitrogens with one attached hydrogen (secondary N) is 1. The summed E-state index contributed by atoms with van der Waals surface area (Å²) >= 11 is 6.22. The van der Waals surface area contributed by atoms with Gasteiger partial charge in [0.1, 0.15) is 6.04 Å². The number of rotatable bonds is 6. The van der Waals surface area contributed by atoms with Crippen LogP contribution in [0.3, 0.4) is 0 Å². The van der Waals surface area contributed by atoms with E-state index in [1.165, 1.54) is 0 Å². The first-order valence-corrected chi connectivity index (χ1v) is 10.1. The van der Waals surface area contributed by atoms with Crippen LogP contribution in [-0.4, -0.2) is 23.0 Å². The topological polar surface area (TPSA) is 66.4 Å². The van der Waals surface area contributed by atoms with E-state index in [0.717, 1.165) is 12.0 Å². The Morgan fingerprint density at radius 3 is 2.63 bits per heavy atom. The molecule has 2 N–H and O–H groups in total. The predicted octanol–water partition coefficient (Wildman–Crippen LogP) is 4.84. The van der Waals surface area contributed by atoms with Crippen molar-refractivity contribution in [1.82, 2.24) is 5.32 Å². The van der Waals surface area contributed by atoms with Crippen molar-refractivity contribution in [1.29, 1.82) is 0 Å². The van der Waals surface area contributed by atoms with Crippen molar-refractivity contribution in [3.8, 4) is 11.8 Å². The molecule has 0 heterocycles. The number of hydrogen-bond acceptors (Lipinski definition) is 2. The maximum atomic E-state index is 12.7. The molecule has 0 fully saturated rings. The summed E-state index contributed by atoms with van der Waals surface area (Å²) in [5.41, 5.74) is 1.67. The van der Waals surface area contributed by atoms with Gasteiger partial charge < -0.3 is 10.4 Å². The summed E-state index contributed by atoms with van der Waals surface area (Å²) in [6, 6.07) is 13.2. The van der Waals surface area contributed by atoms with Crippen LogP contribution in [0.1, 0.15) is 40.7 Å². The summed E-state index contributed by atoms with van der Waals surface area (Å²) in [7, 11) is 0. The molecular formula is C25H22ClNO3. The van der Waals surface area contributed by atoms with Crippen molar-refractivity contribution >= 4 is 23.5 Å². The number of aliphatic carboxylic acids is 1. The average molecular weight is 420 g/mol. The van der Waals surface area contributed by atoms with Gasteiger partial charge in [-0.2, -0.15) is 0 Å². The SMILES string of the molecule is O=C(N[C@@H](CCC1C=CC=CC1)C(=O)O)c1ccc(Cl)c(C#Cc2ccccc2)c1. The second kappa shape index (κ2) is 10.5. The minimum atomic E-state index is -1.04. The lowest BCUT2D eigenvalue weighted by Gasteiger charge is -2.18. The lowest BCUT2D eigenvalue weighted by molar-refractivity contribution is -0.139. The van der Waals surface area contributed by atoms with E-state index in [-0.39, 0.29) is 0 Å². The zero-order chi connectivity index (χ0) is 21.3. The maximum Gasteiger partial charge on any atom is 0.326 e. The molecule has 30 heavy (non-hydrogen) atoms. The molecule has 1 aliphatic rings. The summed E-state index contributed by atoms with van der Waals surface area (Å²) in [5, 5.41) is 12.6. The van der Waals surface area contributed by atoms with E-state index in [2.05, 4.69) is 29.3 Å². The fourth-order valence-corrected chi connectivity index (χ4v) is 3.31. The molecule has 2 aromatic rings. The number of carboxylic acids is 1. The second-order valence-corrected chi connectivity index (χ2v) is 7.47. The minimum Gasteiger partial charge on any atom is -0.480 e. The third-order valence-electron chi connectivity index (χ3n) is 4.84. The second-order valence-electron chi connectivity index (χ2n) is 7.06. The highest BCUT2D eigenvalue weighted by Gasteiger charge is 2.22. The molecule has 4 nitrogen and oxygen atoms in total. The third-order valence-corrected chi connectivity index (χ3v) is 5.17. The molecule has 0 radical (unpaired) electrons. The predicted molar refractivity (Wildman–Crippen MR) is 118 cm³/mol. The Kier molecular flexibility index (Phi) is 7.48. The smallest absolute Gasteiger partial charge is 0.326 e. The molecule has 0 aliphatic heterocycles. The molecule has 1 amide bonds. The Bertz CT molecular complexity index is 1030. The molecule has 0 bridgehead atoms. The molecule has 0 aromatic heterocycles. The molecule has 0 spiro atoms.